The third-order valence-electron chi connectivity index (χ3n) is 2.67. The van der Waals surface area contributed by atoms with Crippen LogP contribution in [0.3, 0.4) is 0 Å². The SMILES string of the molecule is CNC(c1cncc(C)c1)c1ccnn1C. The molecule has 0 saturated heterocycles. The molecule has 0 amide bonds. The van der Waals surface area contributed by atoms with E-state index in [1.54, 1.807) is 0 Å². The van der Waals surface area contributed by atoms with Crippen molar-refractivity contribution in [2.45, 2.75) is 13.0 Å². The Hall–Kier alpha value is -1.68. The van der Waals surface area contributed by atoms with E-state index >= 15 is 0 Å². The maximum atomic E-state index is 4.22. The minimum atomic E-state index is 0.139. The fraction of sp³-hybridized carbons (Fsp3) is 0.333. The molecule has 0 fully saturated rings. The van der Waals surface area contributed by atoms with Gasteiger partial charge in [-0.15, -0.1) is 0 Å². The highest BCUT2D eigenvalue weighted by Crippen LogP contribution is 2.20. The molecule has 0 aliphatic rings. The van der Waals surface area contributed by atoms with Crippen LogP contribution >= 0.6 is 0 Å². The quantitative estimate of drug-likeness (QED) is 0.844. The molecular formula is C12H16N4. The molecular weight excluding hydrogens is 200 g/mol. The van der Waals surface area contributed by atoms with Crippen LogP contribution in [0, 0.1) is 6.92 Å². The van der Waals surface area contributed by atoms with E-state index in [0.29, 0.717) is 0 Å². The first-order valence-electron chi connectivity index (χ1n) is 5.29. The molecule has 2 heterocycles. The molecule has 0 aliphatic carbocycles. The summed E-state index contributed by atoms with van der Waals surface area (Å²) >= 11 is 0. The smallest absolute Gasteiger partial charge is 0.0760 e. The van der Waals surface area contributed by atoms with Gasteiger partial charge in [0.25, 0.3) is 0 Å². The topological polar surface area (TPSA) is 42.7 Å². The zero-order chi connectivity index (χ0) is 11.5. The lowest BCUT2D eigenvalue weighted by Gasteiger charge is -2.16. The Balaban J connectivity index is 2.40. The Bertz CT molecular complexity index is 475. The molecule has 0 radical (unpaired) electrons. The van der Waals surface area contributed by atoms with Crippen LogP contribution in [0.5, 0.6) is 0 Å². The number of aromatic nitrogens is 3. The van der Waals surface area contributed by atoms with Crippen molar-refractivity contribution in [3.05, 3.63) is 47.5 Å². The molecule has 0 saturated carbocycles. The van der Waals surface area contributed by atoms with Gasteiger partial charge in [-0.05, 0) is 31.2 Å². The molecule has 1 atom stereocenters. The highest BCUT2D eigenvalue weighted by Gasteiger charge is 2.15. The van der Waals surface area contributed by atoms with Crippen LogP contribution in [-0.4, -0.2) is 21.8 Å². The average molecular weight is 216 g/mol. The molecule has 0 bridgehead atoms. The highest BCUT2D eigenvalue weighted by molar-refractivity contribution is 5.27. The van der Waals surface area contributed by atoms with Gasteiger partial charge in [0.2, 0.25) is 0 Å². The fourth-order valence-electron chi connectivity index (χ4n) is 1.89. The predicted octanol–water partition coefficient (Wildman–Crippen LogP) is 1.43. The second-order valence-corrected chi connectivity index (χ2v) is 3.90. The summed E-state index contributed by atoms with van der Waals surface area (Å²) in [4.78, 5) is 4.22. The Morgan fingerprint density at radius 2 is 2.19 bits per heavy atom. The number of nitrogens with zero attached hydrogens (tertiary/aromatic N) is 3. The lowest BCUT2D eigenvalue weighted by atomic mass is 10.0. The molecule has 0 spiro atoms. The van der Waals surface area contributed by atoms with Crippen LogP contribution in [-0.2, 0) is 7.05 Å². The van der Waals surface area contributed by atoms with Gasteiger partial charge in [-0.3, -0.25) is 9.67 Å². The van der Waals surface area contributed by atoms with Crippen molar-refractivity contribution in [3.63, 3.8) is 0 Å². The number of rotatable bonds is 3. The van der Waals surface area contributed by atoms with E-state index in [0.717, 1.165) is 11.3 Å². The zero-order valence-electron chi connectivity index (χ0n) is 9.81. The molecule has 0 aromatic carbocycles. The molecule has 16 heavy (non-hydrogen) atoms. The van der Waals surface area contributed by atoms with Crippen LogP contribution in [0.4, 0.5) is 0 Å². The third-order valence-corrected chi connectivity index (χ3v) is 2.67. The largest absolute Gasteiger partial charge is 0.308 e. The number of nitrogens with one attached hydrogen (secondary N) is 1. The van der Waals surface area contributed by atoms with Crippen LogP contribution < -0.4 is 5.32 Å². The normalized spacial score (nSPS) is 12.7. The molecule has 4 nitrogen and oxygen atoms in total. The van der Waals surface area contributed by atoms with Gasteiger partial charge < -0.3 is 5.32 Å². The maximum absolute atomic E-state index is 4.22. The first-order valence-corrected chi connectivity index (χ1v) is 5.29. The summed E-state index contributed by atoms with van der Waals surface area (Å²) in [5, 5.41) is 7.48. The Morgan fingerprint density at radius 3 is 2.75 bits per heavy atom. The number of hydrogen-bond donors (Lipinski definition) is 1. The van der Waals surface area contributed by atoms with E-state index in [1.807, 2.05) is 50.4 Å². The summed E-state index contributed by atoms with van der Waals surface area (Å²) in [5.41, 5.74) is 3.46. The van der Waals surface area contributed by atoms with Gasteiger partial charge in [0.1, 0.15) is 0 Å². The van der Waals surface area contributed by atoms with Crippen LogP contribution in [0.25, 0.3) is 0 Å². The first kappa shape index (κ1) is 10.8. The Labute approximate surface area is 95.3 Å². The van der Waals surface area contributed by atoms with Crippen LogP contribution in [0.15, 0.2) is 30.7 Å². The predicted molar refractivity (Wildman–Crippen MR) is 63.1 cm³/mol. The Kier molecular flexibility index (Phi) is 3.01. The summed E-state index contributed by atoms with van der Waals surface area (Å²) < 4.78 is 1.88. The minimum absolute atomic E-state index is 0.139. The summed E-state index contributed by atoms with van der Waals surface area (Å²) in [7, 11) is 3.89. The molecule has 4 heteroatoms. The van der Waals surface area contributed by atoms with E-state index in [1.165, 1.54) is 5.56 Å². The lowest BCUT2D eigenvalue weighted by Crippen LogP contribution is -2.20. The molecule has 84 valence electrons. The number of aryl methyl sites for hydroxylation is 2. The van der Waals surface area contributed by atoms with E-state index in [2.05, 4.69) is 21.5 Å². The summed E-state index contributed by atoms with van der Waals surface area (Å²) in [6, 6.07) is 4.30. The van der Waals surface area contributed by atoms with E-state index in [9.17, 15) is 0 Å². The van der Waals surface area contributed by atoms with Gasteiger partial charge in [-0.1, -0.05) is 6.07 Å². The average Bonchev–Trinajstić information content (AvgIpc) is 2.67. The van der Waals surface area contributed by atoms with Crippen molar-refractivity contribution >= 4 is 0 Å². The van der Waals surface area contributed by atoms with Crippen molar-refractivity contribution in [3.8, 4) is 0 Å². The second-order valence-electron chi connectivity index (χ2n) is 3.90. The van der Waals surface area contributed by atoms with Gasteiger partial charge >= 0.3 is 0 Å². The van der Waals surface area contributed by atoms with E-state index < -0.39 is 0 Å². The molecule has 2 aromatic heterocycles. The van der Waals surface area contributed by atoms with Gasteiger partial charge in [-0.2, -0.15) is 5.10 Å². The molecule has 2 aromatic rings. The van der Waals surface area contributed by atoms with Crippen molar-refractivity contribution in [1.82, 2.24) is 20.1 Å². The Morgan fingerprint density at radius 1 is 1.38 bits per heavy atom. The lowest BCUT2D eigenvalue weighted by molar-refractivity contribution is 0.604. The second kappa shape index (κ2) is 4.45. The number of hydrogen-bond acceptors (Lipinski definition) is 3. The molecule has 1 N–H and O–H groups in total. The van der Waals surface area contributed by atoms with Gasteiger partial charge in [-0.25, -0.2) is 0 Å². The summed E-state index contributed by atoms with van der Waals surface area (Å²) in [5.74, 6) is 0. The van der Waals surface area contributed by atoms with Gasteiger partial charge in [0.05, 0.1) is 11.7 Å². The minimum Gasteiger partial charge on any atom is -0.308 e. The maximum Gasteiger partial charge on any atom is 0.0760 e. The third kappa shape index (κ3) is 1.97. The standard InChI is InChI=1S/C12H16N4/c1-9-6-10(8-14-7-9)12(13-2)11-4-5-15-16(11)3/h4-8,12-13H,1-3H3. The molecule has 1 unspecified atom stereocenters. The van der Waals surface area contributed by atoms with E-state index in [-0.39, 0.29) is 6.04 Å². The van der Waals surface area contributed by atoms with Crippen LogP contribution in [0.1, 0.15) is 22.9 Å². The summed E-state index contributed by atoms with van der Waals surface area (Å²) in [6.45, 7) is 2.05. The highest BCUT2D eigenvalue weighted by atomic mass is 15.3. The van der Waals surface area contributed by atoms with E-state index in [4.69, 9.17) is 0 Å². The molecule has 0 aliphatic heterocycles. The van der Waals surface area contributed by atoms with Crippen molar-refractivity contribution in [2.24, 2.45) is 7.05 Å². The fourth-order valence-corrected chi connectivity index (χ4v) is 1.89. The van der Waals surface area contributed by atoms with Crippen LogP contribution in [0.2, 0.25) is 0 Å². The van der Waals surface area contributed by atoms with Crippen molar-refractivity contribution in [2.75, 3.05) is 7.05 Å². The van der Waals surface area contributed by atoms with Gasteiger partial charge in [0, 0.05) is 25.6 Å². The van der Waals surface area contributed by atoms with Crippen molar-refractivity contribution in [1.29, 1.82) is 0 Å². The molecule has 2 rings (SSSR count). The van der Waals surface area contributed by atoms with Gasteiger partial charge in [0.15, 0.2) is 0 Å². The van der Waals surface area contributed by atoms with Crippen molar-refractivity contribution < 1.29 is 0 Å². The first-order chi connectivity index (χ1) is 7.72. The monoisotopic (exact) mass is 216 g/mol. The number of pyridine rings is 1. The summed E-state index contributed by atoms with van der Waals surface area (Å²) in [6.07, 6.45) is 5.56. The zero-order valence-corrected chi connectivity index (χ0v) is 9.81.